The van der Waals surface area contributed by atoms with E-state index in [0.29, 0.717) is 17.0 Å². The Morgan fingerprint density at radius 3 is 2.83 bits per heavy atom. The number of aromatic nitrogens is 1. The van der Waals surface area contributed by atoms with Crippen LogP contribution in [0.5, 0.6) is 5.75 Å². The molecule has 0 bridgehead atoms. The fourth-order valence-electron chi connectivity index (χ4n) is 2.61. The van der Waals surface area contributed by atoms with Crippen molar-refractivity contribution in [1.82, 2.24) is 9.88 Å². The monoisotopic (exact) mass is 325 g/mol. The minimum atomic E-state index is -0.632. The third kappa shape index (κ3) is 2.82. The first-order chi connectivity index (χ1) is 11.5. The van der Waals surface area contributed by atoms with Crippen LogP contribution in [0, 0.1) is 0 Å². The van der Waals surface area contributed by atoms with Crippen LogP contribution in [0.25, 0.3) is 0 Å². The van der Waals surface area contributed by atoms with Gasteiger partial charge in [-0.2, -0.15) is 0 Å². The third-order valence-electron chi connectivity index (χ3n) is 4.24. The Labute approximate surface area is 140 Å². The second-order valence-corrected chi connectivity index (χ2v) is 5.81. The van der Waals surface area contributed by atoms with Crippen LogP contribution in [0.4, 0.5) is 5.69 Å². The van der Waals surface area contributed by atoms with Crippen molar-refractivity contribution in [3.05, 3.63) is 53.9 Å². The Morgan fingerprint density at radius 1 is 1.33 bits per heavy atom. The van der Waals surface area contributed by atoms with Gasteiger partial charge in [-0.15, -0.1) is 0 Å². The molecule has 1 aliphatic heterocycles. The standard InChI is InChI=1S/C18H19N3O3/c1-11(13-6-5-9-19-10-13)21(3)18(23)14-7-4-8-15-16(14)24-12(2)17(22)20-15/h4-12H,1-3H3,(H,20,22). The molecular formula is C18H19N3O3. The van der Waals surface area contributed by atoms with Crippen molar-refractivity contribution in [2.75, 3.05) is 12.4 Å². The Hall–Kier alpha value is -2.89. The number of rotatable bonds is 3. The van der Waals surface area contributed by atoms with E-state index in [2.05, 4.69) is 10.3 Å². The molecule has 1 aromatic heterocycles. The summed E-state index contributed by atoms with van der Waals surface area (Å²) in [5.74, 6) is 0.0237. The van der Waals surface area contributed by atoms with E-state index in [1.807, 2.05) is 19.1 Å². The molecule has 6 nitrogen and oxygen atoms in total. The molecule has 3 rings (SSSR count). The van der Waals surface area contributed by atoms with Gasteiger partial charge in [-0.3, -0.25) is 14.6 Å². The van der Waals surface area contributed by atoms with Crippen LogP contribution in [-0.2, 0) is 4.79 Å². The number of fused-ring (bicyclic) bond motifs is 1. The normalized spacial score (nSPS) is 17.3. The van der Waals surface area contributed by atoms with E-state index >= 15 is 0 Å². The van der Waals surface area contributed by atoms with Gasteiger partial charge in [-0.25, -0.2) is 0 Å². The number of nitrogens with one attached hydrogen (secondary N) is 1. The van der Waals surface area contributed by atoms with E-state index in [0.717, 1.165) is 5.56 Å². The van der Waals surface area contributed by atoms with Crippen molar-refractivity contribution in [3.63, 3.8) is 0 Å². The van der Waals surface area contributed by atoms with Crippen molar-refractivity contribution in [2.24, 2.45) is 0 Å². The summed E-state index contributed by atoms with van der Waals surface area (Å²) in [7, 11) is 1.74. The highest BCUT2D eigenvalue weighted by Gasteiger charge is 2.29. The number of hydrogen-bond acceptors (Lipinski definition) is 4. The van der Waals surface area contributed by atoms with Gasteiger partial charge in [0.05, 0.1) is 17.3 Å². The maximum atomic E-state index is 12.9. The summed E-state index contributed by atoms with van der Waals surface area (Å²) in [5, 5.41) is 2.76. The average molecular weight is 325 g/mol. The highest BCUT2D eigenvalue weighted by Crippen LogP contribution is 2.34. The zero-order valence-electron chi connectivity index (χ0n) is 13.8. The number of ether oxygens (including phenoxy) is 1. The van der Waals surface area contributed by atoms with Crippen molar-refractivity contribution >= 4 is 17.5 Å². The maximum absolute atomic E-state index is 12.9. The summed E-state index contributed by atoms with van der Waals surface area (Å²) in [6, 6.07) is 8.79. The van der Waals surface area contributed by atoms with E-state index in [9.17, 15) is 9.59 Å². The van der Waals surface area contributed by atoms with Crippen LogP contribution in [0.2, 0.25) is 0 Å². The molecule has 0 spiro atoms. The second-order valence-electron chi connectivity index (χ2n) is 5.81. The first-order valence-corrected chi connectivity index (χ1v) is 7.76. The van der Waals surface area contributed by atoms with E-state index in [1.165, 1.54) is 0 Å². The average Bonchev–Trinajstić information content (AvgIpc) is 2.61. The lowest BCUT2D eigenvalue weighted by molar-refractivity contribution is -0.122. The van der Waals surface area contributed by atoms with Gasteiger partial charge in [0.15, 0.2) is 11.9 Å². The van der Waals surface area contributed by atoms with Crippen LogP contribution >= 0.6 is 0 Å². The van der Waals surface area contributed by atoms with Crippen molar-refractivity contribution in [2.45, 2.75) is 26.0 Å². The van der Waals surface area contributed by atoms with E-state index in [4.69, 9.17) is 4.74 Å². The summed E-state index contributed by atoms with van der Waals surface area (Å²) >= 11 is 0. The van der Waals surface area contributed by atoms with Gasteiger partial charge in [-0.1, -0.05) is 12.1 Å². The van der Waals surface area contributed by atoms with Crippen molar-refractivity contribution < 1.29 is 14.3 Å². The smallest absolute Gasteiger partial charge is 0.265 e. The summed E-state index contributed by atoms with van der Waals surface area (Å²) in [6.45, 7) is 3.59. The SMILES string of the molecule is CC1Oc2c(cccc2C(=O)N(C)C(C)c2cccnc2)NC1=O. The predicted octanol–water partition coefficient (Wildman–Crippen LogP) is 2.63. The quantitative estimate of drug-likeness (QED) is 0.941. The van der Waals surface area contributed by atoms with Gasteiger partial charge >= 0.3 is 0 Å². The van der Waals surface area contributed by atoms with Gasteiger partial charge in [0, 0.05) is 19.4 Å². The van der Waals surface area contributed by atoms with Gasteiger partial charge in [0.2, 0.25) is 0 Å². The van der Waals surface area contributed by atoms with Gasteiger partial charge in [-0.05, 0) is 37.6 Å². The predicted molar refractivity (Wildman–Crippen MR) is 89.9 cm³/mol. The Balaban J connectivity index is 1.91. The van der Waals surface area contributed by atoms with Crippen LogP contribution in [0.1, 0.15) is 35.8 Å². The molecule has 2 amide bonds. The number of pyridine rings is 1. The molecule has 0 radical (unpaired) electrons. The van der Waals surface area contributed by atoms with Gasteiger partial charge < -0.3 is 15.0 Å². The number of hydrogen-bond donors (Lipinski definition) is 1. The number of benzene rings is 1. The van der Waals surface area contributed by atoms with E-state index < -0.39 is 6.10 Å². The fraction of sp³-hybridized carbons (Fsp3) is 0.278. The molecule has 1 aliphatic rings. The minimum absolute atomic E-state index is 0.141. The minimum Gasteiger partial charge on any atom is -0.478 e. The van der Waals surface area contributed by atoms with Crippen LogP contribution in [-0.4, -0.2) is 34.8 Å². The van der Waals surface area contributed by atoms with E-state index in [-0.39, 0.29) is 17.9 Å². The lowest BCUT2D eigenvalue weighted by Gasteiger charge is -2.29. The van der Waals surface area contributed by atoms with Crippen molar-refractivity contribution in [3.8, 4) is 5.75 Å². The molecule has 2 atom stereocenters. The molecule has 2 unspecified atom stereocenters. The van der Waals surface area contributed by atoms with Crippen LogP contribution in [0.3, 0.4) is 0 Å². The Kier molecular flexibility index (Phi) is 4.20. The second kappa shape index (κ2) is 6.31. The summed E-state index contributed by atoms with van der Waals surface area (Å²) in [6.07, 6.45) is 2.81. The summed E-state index contributed by atoms with van der Waals surface area (Å²) < 4.78 is 5.66. The highest BCUT2D eigenvalue weighted by atomic mass is 16.5. The molecule has 6 heteroatoms. The number of carbonyl (C=O) groups is 2. The molecule has 1 aromatic carbocycles. The summed E-state index contributed by atoms with van der Waals surface area (Å²) in [4.78, 5) is 30.4. The molecule has 2 aromatic rings. The molecule has 1 N–H and O–H groups in total. The van der Waals surface area contributed by atoms with Gasteiger partial charge in [0.1, 0.15) is 0 Å². The number of nitrogens with zero attached hydrogens (tertiary/aromatic N) is 2. The first kappa shape index (κ1) is 16.0. The zero-order valence-corrected chi connectivity index (χ0v) is 13.8. The van der Waals surface area contributed by atoms with Crippen molar-refractivity contribution in [1.29, 1.82) is 0 Å². The molecule has 24 heavy (non-hydrogen) atoms. The molecule has 0 saturated heterocycles. The zero-order chi connectivity index (χ0) is 17.3. The maximum Gasteiger partial charge on any atom is 0.265 e. The third-order valence-corrected chi connectivity index (χ3v) is 4.24. The lowest BCUT2D eigenvalue weighted by Crippen LogP contribution is -2.36. The first-order valence-electron chi connectivity index (χ1n) is 7.76. The number of amides is 2. The Morgan fingerprint density at radius 2 is 2.12 bits per heavy atom. The Bertz CT molecular complexity index is 776. The molecule has 0 fully saturated rings. The van der Waals surface area contributed by atoms with Gasteiger partial charge in [0.25, 0.3) is 11.8 Å². The number of carbonyl (C=O) groups excluding carboxylic acids is 2. The fourth-order valence-corrected chi connectivity index (χ4v) is 2.61. The molecule has 2 heterocycles. The molecule has 0 saturated carbocycles. The van der Waals surface area contributed by atoms with Crippen LogP contribution < -0.4 is 10.1 Å². The number of anilines is 1. The van der Waals surface area contributed by atoms with Crippen LogP contribution in [0.15, 0.2) is 42.7 Å². The molecule has 0 aliphatic carbocycles. The van der Waals surface area contributed by atoms with E-state index in [1.54, 1.807) is 49.5 Å². The molecule has 124 valence electrons. The topological polar surface area (TPSA) is 71.5 Å². The molecular weight excluding hydrogens is 306 g/mol. The summed E-state index contributed by atoms with van der Waals surface area (Å²) in [5.41, 5.74) is 1.89. The highest BCUT2D eigenvalue weighted by molar-refractivity contribution is 6.04. The lowest BCUT2D eigenvalue weighted by atomic mass is 10.1. The number of para-hydroxylation sites is 1. The largest absolute Gasteiger partial charge is 0.478 e.